The highest BCUT2D eigenvalue weighted by atomic mass is 16.5. The maximum Gasteiger partial charge on any atom is 0.245 e. The number of nitrogens with one attached hydrogen (secondary N) is 1. The minimum Gasteiger partial charge on any atom is -0.360 e. The fourth-order valence-corrected chi connectivity index (χ4v) is 3.02. The summed E-state index contributed by atoms with van der Waals surface area (Å²) in [4.78, 5) is 29.2. The molecule has 1 unspecified atom stereocenters. The van der Waals surface area contributed by atoms with Crippen molar-refractivity contribution in [3.8, 4) is 0 Å². The van der Waals surface area contributed by atoms with E-state index in [0.717, 1.165) is 32.5 Å². The molecule has 1 rings (SSSR count). The lowest BCUT2D eigenvalue weighted by Gasteiger charge is -2.30. The average Bonchev–Trinajstić information content (AvgIpc) is 3.00. The van der Waals surface area contributed by atoms with Crippen molar-refractivity contribution >= 4 is 17.6 Å². The van der Waals surface area contributed by atoms with Gasteiger partial charge in [0.1, 0.15) is 12.3 Å². The molecule has 0 aromatic carbocycles. The number of nitrogens with zero attached hydrogens (tertiary/aromatic N) is 3. The van der Waals surface area contributed by atoms with Crippen LogP contribution in [0.5, 0.6) is 0 Å². The van der Waals surface area contributed by atoms with Gasteiger partial charge in [-0.25, -0.2) is 0 Å². The topological polar surface area (TPSA) is 78.7 Å². The van der Waals surface area contributed by atoms with Crippen LogP contribution in [0.15, 0.2) is 10.6 Å². The molecule has 1 N–H and O–H groups in total. The molecule has 2 amide bonds. The van der Waals surface area contributed by atoms with Gasteiger partial charge in [-0.1, -0.05) is 32.9 Å². The van der Waals surface area contributed by atoms with Gasteiger partial charge in [0.25, 0.3) is 0 Å². The number of carbonyl (C=O) groups is 2. The zero-order valence-corrected chi connectivity index (χ0v) is 17.7. The predicted molar refractivity (Wildman–Crippen MR) is 108 cm³/mol. The van der Waals surface area contributed by atoms with E-state index in [1.807, 2.05) is 20.8 Å². The molecule has 0 aliphatic rings. The lowest BCUT2D eigenvalue weighted by atomic mass is 10.1. The van der Waals surface area contributed by atoms with E-state index in [4.69, 9.17) is 4.52 Å². The number of rotatable bonds is 12. The third-order valence-corrected chi connectivity index (χ3v) is 4.64. The van der Waals surface area contributed by atoms with E-state index in [-0.39, 0.29) is 30.3 Å². The molecule has 0 radical (unpaired) electrons. The summed E-state index contributed by atoms with van der Waals surface area (Å²) in [5.74, 6) is 1.03. The zero-order chi connectivity index (χ0) is 20.4. The maximum atomic E-state index is 12.7. The van der Waals surface area contributed by atoms with Gasteiger partial charge in [0.2, 0.25) is 11.8 Å². The Bertz CT molecular complexity index is 582. The van der Waals surface area contributed by atoms with Crippen molar-refractivity contribution in [2.75, 3.05) is 31.5 Å². The molecule has 1 aromatic rings. The summed E-state index contributed by atoms with van der Waals surface area (Å²) in [5.41, 5.74) is 0. The van der Waals surface area contributed by atoms with Crippen LogP contribution in [0, 0.1) is 12.8 Å². The van der Waals surface area contributed by atoms with Crippen LogP contribution >= 0.6 is 0 Å². The van der Waals surface area contributed by atoms with E-state index in [2.05, 4.69) is 29.2 Å². The van der Waals surface area contributed by atoms with E-state index >= 15 is 0 Å². The second-order valence-electron chi connectivity index (χ2n) is 7.51. The van der Waals surface area contributed by atoms with Crippen LogP contribution in [0.25, 0.3) is 0 Å². The van der Waals surface area contributed by atoms with Crippen LogP contribution in [0.3, 0.4) is 0 Å². The summed E-state index contributed by atoms with van der Waals surface area (Å²) in [6, 6.07) is 1.67. The molecule has 7 nitrogen and oxygen atoms in total. The van der Waals surface area contributed by atoms with E-state index in [1.165, 1.54) is 0 Å². The van der Waals surface area contributed by atoms with Crippen LogP contribution in [0.1, 0.15) is 59.6 Å². The molecule has 0 fully saturated rings. The van der Waals surface area contributed by atoms with E-state index in [1.54, 1.807) is 17.9 Å². The molecule has 154 valence electrons. The minimum absolute atomic E-state index is 0.0107. The first kappa shape index (κ1) is 23.1. The SMILES string of the molecule is CCN(CC)CCCC(C)N(CC(=O)Nc1cc(C)on1)C(=O)CC(C)C. The Labute approximate surface area is 163 Å². The molecule has 1 aromatic heterocycles. The van der Waals surface area contributed by atoms with E-state index in [9.17, 15) is 9.59 Å². The summed E-state index contributed by atoms with van der Waals surface area (Å²) >= 11 is 0. The monoisotopic (exact) mass is 380 g/mol. The smallest absolute Gasteiger partial charge is 0.245 e. The van der Waals surface area contributed by atoms with Crippen molar-refractivity contribution in [1.29, 1.82) is 0 Å². The van der Waals surface area contributed by atoms with Gasteiger partial charge in [-0.3, -0.25) is 9.59 Å². The van der Waals surface area contributed by atoms with Gasteiger partial charge in [0.05, 0.1) is 0 Å². The normalized spacial score (nSPS) is 12.4. The first-order chi connectivity index (χ1) is 12.8. The molecule has 7 heteroatoms. The molecule has 0 spiro atoms. The van der Waals surface area contributed by atoms with Gasteiger partial charge in [-0.05, 0) is 52.2 Å². The summed E-state index contributed by atoms with van der Waals surface area (Å²) < 4.78 is 4.96. The van der Waals surface area contributed by atoms with Crippen molar-refractivity contribution < 1.29 is 14.1 Å². The summed E-state index contributed by atoms with van der Waals surface area (Å²) in [6.07, 6.45) is 2.31. The standard InChI is InChI=1S/C20H36N4O3/c1-7-23(8-2)11-9-10-16(5)24(20(26)12-15(3)4)14-19(25)21-18-13-17(6)27-22-18/h13,15-16H,7-12,14H2,1-6H3,(H,21,22,25). The van der Waals surface area contributed by atoms with Crippen molar-refractivity contribution in [3.05, 3.63) is 11.8 Å². The van der Waals surface area contributed by atoms with Crippen LogP contribution in [0.4, 0.5) is 5.82 Å². The summed E-state index contributed by atoms with van der Waals surface area (Å²) in [5, 5.41) is 6.48. The third-order valence-electron chi connectivity index (χ3n) is 4.64. The molecule has 1 atom stereocenters. The molecule has 0 bridgehead atoms. The average molecular weight is 381 g/mol. The van der Waals surface area contributed by atoms with Crippen LogP contribution in [0.2, 0.25) is 0 Å². The Morgan fingerprint density at radius 1 is 1.22 bits per heavy atom. The summed E-state index contributed by atoms with van der Waals surface area (Å²) in [6.45, 7) is 15.2. The Hall–Kier alpha value is -1.89. The first-order valence-corrected chi connectivity index (χ1v) is 10.0. The van der Waals surface area contributed by atoms with Crippen LogP contribution in [-0.4, -0.2) is 59.0 Å². The van der Waals surface area contributed by atoms with Gasteiger partial charge in [0, 0.05) is 18.5 Å². The number of anilines is 1. The lowest BCUT2D eigenvalue weighted by molar-refractivity contribution is -0.137. The molecular formula is C20H36N4O3. The molecule has 1 heterocycles. The lowest BCUT2D eigenvalue weighted by Crippen LogP contribution is -2.44. The molecular weight excluding hydrogens is 344 g/mol. The van der Waals surface area contributed by atoms with E-state index in [0.29, 0.717) is 18.0 Å². The van der Waals surface area contributed by atoms with Crippen LogP contribution < -0.4 is 5.32 Å². The zero-order valence-electron chi connectivity index (χ0n) is 17.7. The fourth-order valence-electron chi connectivity index (χ4n) is 3.02. The van der Waals surface area contributed by atoms with Crippen molar-refractivity contribution in [2.45, 2.75) is 66.8 Å². The highest BCUT2D eigenvalue weighted by Crippen LogP contribution is 2.14. The Balaban J connectivity index is 2.67. The number of carbonyl (C=O) groups excluding carboxylic acids is 2. The molecule has 0 aliphatic heterocycles. The molecule has 0 saturated carbocycles. The highest BCUT2D eigenvalue weighted by molar-refractivity contribution is 5.93. The Kier molecular flexibility index (Phi) is 10.1. The number of hydrogen-bond donors (Lipinski definition) is 1. The number of aromatic nitrogens is 1. The number of hydrogen-bond acceptors (Lipinski definition) is 5. The third kappa shape index (κ3) is 8.56. The van der Waals surface area contributed by atoms with Gasteiger partial charge in [-0.2, -0.15) is 0 Å². The van der Waals surface area contributed by atoms with Crippen LogP contribution in [-0.2, 0) is 9.59 Å². The second-order valence-corrected chi connectivity index (χ2v) is 7.51. The Morgan fingerprint density at radius 2 is 1.89 bits per heavy atom. The van der Waals surface area contributed by atoms with Crippen molar-refractivity contribution in [3.63, 3.8) is 0 Å². The molecule has 0 aliphatic carbocycles. The highest BCUT2D eigenvalue weighted by Gasteiger charge is 2.23. The maximum absolute atomic E-state index is 12.7. The Morgan fingerprint density at radius 3 is 2.41 bits per heavy atom. The number of aryl methyl sites for hydroxylation is 1. The molecule has 0 saturated heterocycles. The largest absolute Gasteiger partial charge is 0.360 e. The minimum atomic E-state index is -0.254. The number of amides is 2. The van der Waals surface area contributed by atoms with Gasteiger partial charge in [-0.15, -0.1) is 0 Å². The second kappa shape index (κ2) is 11.7. The van der Waals surface area contributed by atoms with Crippen molar-refractivity contribution in [2.24, 2.45) is 5.92 Å². The van der Waals surface area contributed by atoms with Gasteiger partial charge in [0.15, 0.2) is 5.82 Å². The van der Waals surface area contributed by atoms with Gasteiger partial charge >= 0.3 is 0 Å². The van der Waals surface area contributed by atoms with Crippen molar-refractivity contribution in [1.82, 2.24) is 15.0 Å². The summed E-state index contributed by atoms with van der Waals surface area (Å²) in [7, 11) is 0. The fraction of sp³-hybridized carbons (Fsp3) is 0.750. The molecule has 27 heavy (non-hydrogen) atoms. The van der Waals surface area contributed by atoms with Gasteiger partial charge < -0.3 is 19.6 Å². The van der Waals surface area contributed by atoms with E-state index < -0.39 is 0 Å². The quantitative estimate of drug-likeness (QED) is 0.602. The predicted octanol–water partition coefficient (Wildman–Crippen LogP) is 3.31. The first-order valence-electron chi connectivity index (χ1n) is 10.0.